The summed E-state index contributed by atoms with van der Waals surface area (Å²) in [6.45, 7) is 5.42. The van der Waals surface area contributed by atoms with Gasteiger partial charge in [-0.3, -0.25) is 14.4 Å². The molecule has 0 spiro atoms. The molecule has 9 nitrogen and oxygen atoms in total. The summed E-state index contributed by atoms with van der Waals surface area (Å²) in [5.74, 6) is 0.214. The van der Waals surface area contributed by atoms with Crippen LogP contribution in [0.4, 0.5) is 0 Å². The van der Waals surface area contributed by atoms with Crippen LogP contribution in [0, 0.1) is 23.2 Å². The van der Waals surface area contributed by atoms with Crippen molar-refractivity contribution in [2.45, 2.75) is 141 Å². The molecule has 0 aromatic rings. The molecule has 1 unspecified atom stereocenters. The van der Waals surface area contributed by atoms with E-state index in [2.05, 4.69) is 23.9 Å². The van der Waals surface area contributed by atoms with E-state index < -0.39 is 22.1 Å². The third kappa shape index (κ3) is 9.49. The first-order chi connectivity index (χ1) is 19.9. The average molecular weight is 609 g/mol. The molecule has 3 saturated carbocycles. The number of carbonyl (C=O) groups is 3. The van der Waals surface area contributed by atoms with Gasteiger partial charge >= 0.3 is 0 Å². The van der Waals surface area contributed by atoms with Gasteiger partial charge < -0.3 is 16.0 Å². The van der Waals surface area contributed by atoms with E-state index in [1.807, 2.05) is 0 Å². The normalized spacial score (nSPS) is 29.4. The fraction of sp³-hybridized carbons (Fsp3) is 0.906. The minimum atomic E-state index is -3.86. The Bertz CT molecular complexity index is 1030. The lowest BCUT2D eigenvalue weighted by Crippen LogP contribution is -2.54. The van der Waals surface area contributed by atoms with Crippen molar-refractivity contribution in [3.8, 4) is 0 Å². The number of ketones is 1. The monoisotopic (exact) mass is 608 g/mol. The molecule has 3 atom stereocenters. The second kappa shape index (κ2) is 15.0. The van der Waals surface area contributed by atoms with Gasteiger partial charge in [-0.15, -0.1) is 0 Å². The topological polar surface area (TPSA) is 139 Å². The van der Waals surface area contributed by atoms with Gasteiger partial charge in [0.1, 0.15) is 17.9 Å². The van der Waals surface area contributed by atoms with E-state index in [1.54, 1.807) is 4.90 Å². The quantitative estimate of drug-likeness (QED) is 0.288. The lowest BCUT2D eigenvalue weighted by atomic mass is 9.79. The van der Waals surface area contributed by atoms with Gasteiger partial charge in [0.05, 0.1) is 5.75 Å². The number of Topliss-reactive ketones (excluding diaryl/α,β-unsaturated/α-hetero) is 1. The van der Waals surface area contributed by atoms with Crippen LogP contribution in [-0.2, 0) is 24.4 Å². The summed E-state index contributed by atoms with van der Waals surface area (Å²) < 4.78 is 29.2. The van der Waals surface area contributed by atoms with E-state index in [0.29, 0.717) is 44.2 Å². The standard InChI is InChI=1S/C32H56N4O5S/c1-32(2)17-6-10-25(32)21-27(37)16-19-42(40,41)35-28(20-23-8-4-3-5-9-23)31(39)36-18-7-11-29(36)30(38)34-22-24-12-14-26(33)15-13-24/h23-26,28-29,35H,3-22,33H2,1-2H3,(H,34,38)/t24?,25?,26?,28-,29+/m1/s1. The summed E-state index contributed by atoms with van der Waals surface area (Å²) in [6.07, 6.45) is 14.6. The zero-order chi connectivity index (χ0) is 30.3. The minimum absolute atomic E-state index is 0.0215. The van der Waals surface area contributed by atoms with Crippen LogP contribution in [0.25, 0.3) is 0 Å². The molecule has 240 valence electrons. The van der Waals surface area contributed by atoms with Gasteiger partial charge in [0.25, 0.3) is 0 Å². The molecule has 4 N–H and O–H groups in total. The fourth-order valence-corrected chi connectivity index (χ4v) is 9.14. The summed E-state index contributed by atoms with van der Waals surface area (Å²) in [6, 6.07) is -1.23. The van der Waals surface area contributed by atoms with Crippen LogP contribution in [0.3, 0.4) is 0 Å². The maximum Gasteiger partial charge on any atom is 0.242 e. The van der Waals surface area contributed by atoms with Crippen molar-refractivity contribution >= 4 is 27.6 Å². The predicted molar refractivity (Wildman–Crippen MR) is 165 cm³/mol. The van der Waals surface area contributed by atoms with Crippen LogP contribution in [0.5, 0.6) is 0 Å². The molecular formula is C32H56N4O5S. The lowest BCUT2D eigenvalue weighted by molar-refractivity contribution is -0.140. The Morgan fingerprint density at radius 2 is 1.62 bits per heavy atom. The molecule has 0 bridgehead atoms. The molecule has 1 heterocycles. The third-order valence-corrected chi connectivity index (χ3v) is 12.2. The number of nitrogens with two attached hydrogens (primary N) is 1. The van der Waals surface area contributed by atoms with Gasteiger partial charge in [0.15, 0.2) is 0 Å². The Morgan fingerprint density at radius 1 is 0.905 bits per heavy atom. The Morgan fingerprint density at radius 3 is 2.29 bits per heavy atom. The van der Waals surface area contributed by atoms with Gasteiger partial charge in [0.2, 0.25) is 21.8 Å². The number of rotatable bonds is 13. The molecule has 4 aliphatic rings. The van der Waals surface area contributed by atoms with E-state index in [4.69, 9.17) is 5.73 Å². The number of likely N-dealkylation sites (tertiary alicyclic amines) is 1. The van der Waals surface area contributed by atoms with Crippen molar-refractivity contribution in [2.75, 3.05) is 18.8 Å². The molecule has 0 aromatic heterocycles. The Hall–Kier alpha value is -1.52. The number of hydrogen-bond donors (Lipinski definition) is 3. The molecule has 10 heteroatoms. The molecule has 1 saturated heterocycles. The van der Waals surface area contributed by atoms with Crippen molar-refractivity contribution < 1.29 is 22.8 Å². The highest BCUT2D eigenvalue weighted by molar-refractivity contribution is 7.89. The minimum Gasteiger partial charge on any atom is -0.354 e. The molecule has 42 heavy (non-hydrogen) atoms. The lowest BCUT2D eigenvalue weighted by Gasteiger charge is -2.32. The van der Waals surface area contributed by atoms with Crippen molar-refractivity contribution in [1.82, 2.24) is 14.9 Å². The number of nitrogens with zero attached hydrogens (tertiary/aromatic N) is 1. The van der Waals surface area contributed by atoms with Crippen LogP contribution < -0.4 is 15.8 Å². The first-order valence-electron chi connectivity index (χ1n) is 16.8. The number of nitrogens with one attached hydrogen (secondary N) is 2. The second-order valence-electron chi connectivity index (χ2n) is 14.5. The second-order valence-corrected chi connectivity index (χ2v) is 16.4. The highest BCUT2D eigenvalue weighted by atomic mass is 32.2. The van der Waals surface area contributed by atoms with Crippen LogP contribution in [0.1, 0.15) is 123 Å². The zero-order valence-corrected chi connectivity index (χ0v) is 26.9. The van der Waals surface area contributed by atoms with Crippen LogP contribution in [-0.4, -0.2) is 67.9 Å². The van der Waals surface area contributed by atoms with Gasteiger partial charge in [-0.2, -0.15) is 0 Å². The molecule has 4 rings (SSSR count). The van der Waals surface area contributed by atoms with Crippen molar-refractivity contribution in [3.63, 3.8) is 0 Å². The van der Waals surface area contributed by atoms with Crippen LogP contribution in [0.15, 0.2) is 0 Å². The Labute approximate surface area is 253 Å². The van der Waals surface area contributed by atoms with Gasteiger partial charge in [0, 0.05) is 32.0 Å². The van der Waals surface area contributed by atoms with Crippen molar-refractivity contribution in [2.24, 2.45) is 28.9 Å². The first kappa shape index (κ1) is 33.4. The largest absolute Gasteiger partial charge is 0.354 e. The molecule has 2 amide bonds. The van der Waals surface area contributed by atoms with E-state index in [-0.39, 0.29) is 47.1 Å². The number of amides is 2. The van der Waals surface area contributed by atoms with E-state index in [0.717, 1.165) is 77.0 Å². The highest BCUT2D eigenvalue weighted by Crippen LogP contribution is 2.44. The van der Waals surface area contributed by atoms with E-state index >= 15 is 0 Å². The smallest absolute Gasteiger partial charge is 0.242 e. The zero-order valence-electron chi connectivity index (χ0n) is 26.1. The van der Waals surface area contributed by atoms with Crippen molar-refractivity contribution in [3.05, 3.63) is 0 Å². The van der Waals surface area contributed by atoms with E-state index in [9.17, 15) is 22.8 Å². The third-order valence-electron chi connectivity index (χ3n) is 10.8. The molecule has 3 aliphatic carbocycles. The first-order valence-corrected chi connectivity index (χ1v) is 18.4. The number of sulfonamides is 1. The van der Waals surface area contributed by atoms with Gasteiger partial charge in [-0.05, 0) is 81.0 Å². The van der Waals surface area contributed by atoms with Gasteiger partial charge in [-0.25, -0.2) is 13.1 Å². The number of carbonyl (C=O) groups excluding carboxylic acids is 3. The maximum absolute atomic E-state index is 13.9. The average Bonchev–Trinajstić information content (AvgIpc) is 3.57. The molecule has 4 fully saturated rings. The van der Waals surface area contributed by atoms with Crippen LogP contribution in [0.2, 0.25) is 0 Å². The van der Waals surface area contributed by atoms with Gasteiger partial charge in [-0.1, -0.05) is 52.4 Å². The van der Waals surface area contributed by atoms with E-state index in [1.165, 1.54) is 6.42 Å². The predicted octanol–water partition coefficient (Wildman–Crippen LogP) is 4.05. The molecule has 0 aromatic carbocycles. The summed E-state index contributed by atoms with van der Waals surface area (Å²) >= 11 is 0. The summed E-state index contributed by atoms with van der Waals surface area (Å²) in [5.41, 5.74) is 6.14. The fourth-order valence-electron chi connectivity index (χ4n) is 7.89. The Kier molecular flexibility index (Phi) is 11.9. The number of hydrogen-bond acceptors (Lipinski definition) is 6. The molecule has 0 radical (unpaired) electrons. The molecule has 1 aliphatic heterocycles. The van der Waals surface area contributed by atoms with Crippen molar-refractivity contribution in [1.29, 1.82) is 0 Å². The Balaban J connectivity index is 1.36. The summed E-state index contributed by atoms with van der Waals surface area (Å²) in [7, 11) is -3.86. The highest BCUT2D eigenvalue weighted by Gasteiger charge is 2.40. The maximum atomic E-state index is 13.9. The SMILES string of the molecule is CC1(C)CCCC1CC(=O)CCS(=O)(=O)N[C@H](CC1CCCCC1)C(=O)N1CCC[C@H]1C(=O)NCC1CCC(N)CC1. The molecular weight excluding hydrogens is 552 g/mol. The van der Waals surface area contributed by atoms with Crippen LogP contribution >= 0.6 is 0 Å². The summed E-state index contributed by atoms with van der Waals surface area (Å²) in [5, 5.41) is 3.08. The summed E-state index contributed by atoms with van der Waals surface area (Å²) in [4.78, 5) is 41.5.